The summed E-state index contributed by atoms with van der Waals surface area (Å²) in [6.45, 7) is 0.882. The molecule has 1 fully saturated rings. The van der Waals surface area contributed by atoms with Crippen LogP contribution in [0.3, 0.4) is 0 Å². The first kappa shape index (κ1) is 14.6. The summed E-state index contributed by atoms with van der Waals surface area (Å²) in [6.07, 6.45) is 1.88. The molecule has 20 heavy (non-hydrogen) atoms. The Morgan fingerprint density at radius 3 is 3.00 bits per heavy atom. The van der Waals surface area contributed by atoms with Crippen molar-refractivity contribution >= 4 is 35.1 Å². The number of carbonyl (C=O) groups excluding carboxylic acids is 1. The highest BCUT2D eigenvalue weighted by Crippen LogP contribution is 2.18. The molecule has 2 N–H and O–H groups in total. The predicted molar refractivity (Wildman–Crippen MR) is 78.4 cm³/mol. The van der Waals surface area contributed by atoms with Crippen LogP contribution in [0.4, 0.5) is 5.69 Å². The van der Waals surface area contributed by atoms with Crippen molar-refractivity contribution < 1.29 is 9.21 Å². The van der Waals surface area contributed by atoms with Gasteiger partial charge in [-0.15, -0.1) is 12.4 Å². The Morgan fingerprint density at radius 1 is 1.50 bits per heavy atom. The van der Waals surface area contributed by atoms with Crippen LogP contribution in [0.1, 0.15) is 12.8 Å². The molecule has 7 heteroatoms. The van der Waals surface area contributed by atoms with Gasteiger partial charge in [0.25, 0.3) is 0 Å². The normalized spacial score (nSPS) is 17.9. The lowest BCUT2D eigenvalue weighted by atomic mass is 10.2. The standard InChI is InChI=1S/C13H15N3O3.ClH/c1-16-10-7-8(4-5-11(10)19-13(16)18)15-12(17)9-3-2-6-14-9;/h4-5,7,9,14H,2-3,6H2,1H3,(H,15,17);1H. The van der Waals surface area contributed by atoms with E-state index in [0.717, 1.165) is 19.4 Å². The van der Waals surface area contributed by atoms with E-state index in [9.17, 15) is 9.59 Å². The Kier molecular flexibility index (Phi) is 4.15. The summed E-state index contributed by atoms with van der Waals surface area (Å²) < 4.78 is 6.46. The van der Waals surface area contributed by atoms with Crippen LogP contribution in [-0.4, -0.2) is 23.1 Å². The summed E-state index contributed by atoms with van der Waals surface area (Å²) in [6, 6.07) is 5.04. The van der Waals surface area contributed by atoms with Gasteiger partial charge in [0.1, 0.15) is 0 Å². The number of amides is 1. The molecule has 2 heterocycles. The maximum Gasteiger partial charge on any atom is 0.419 e. The number of benzene rings is 1. The maximum absolute atomic E-state index is 12.0. The first-order valence-electron chi connectivity index (χ1n) is 6.29. The third-order valence-corrected chi connectivity index (χ3v) is 3.44. The van der Waals surface area contributed by atoms with Crippen molar-refractivity contribution in [2.45, 2.75) is 18.9 Å². The van der Waals surface area contributed by atoms with E-state index in [0.29, 0.717) is 16.8 Å². The van der Waals surface area contributed by atoms with Crippen LogP contribution in [0.15, 0.2) is 27.4 Å². The molecular formula is C13H16ClN3O3. The van der Waals surface area contributed by atoms with Gasteiger partial charge >= 0.3 is 5.76 Å². The Morgan fingerprint density at radius 2 is 2.30 bits per heavy atom. The number of oxazole rings is 1. The lowest BCUT2D eigenvalue weighted by Crippen LogP contribution is -2.35. The van der Waals surface area contributed by atoms with Crippen molar-refractivity contribution in [2.75, 3.05) is 11.9 Å². The summed E-state index contributed by atoms with van der Waals surface area (Å²) >= 11 is 0. The smallest absolute Gasteiger partial charge is 0.408 e. The van der Waals surface area contributed by atoms with Crippen molar-refractivity contribution in [1.29, 1.82) is 0 Å². The number of hydrogen-bond donors (Lipinski definition) is 2. The fourth-order valence-electron chi connectivity index (χ4n) is 2.34. The molecule has 1 amide bonds. The van der Waals surface area contributed by atoms with E-state index in [1.807, 2.05) is 0 Å². The molecule has 0 radical (unpaired) electrons. The Labute approximate surface area is 121 Å². The first-order chi connectivity index (χ1) is 9.15. The zero-order valence-electron chi connectivity index (χ0n) is 11.0. The second-order valence-electron chi connectivity index (χ2n) is 4.75. The zero-order valence-corrected chi connectivity index (χ0v) is 11.8. The van der Waals surface area contributed by atoms with Gasteiger partial charge in [-0.2, -0.15) is 0 Å². The molecule has 1 saturated heterocycles. The van der Waals surface area contributed by atoms with E-state index in [2.05, 4.69) is 10.6 Å². The minimum absolute atomic E-state index is 0. The number of halogens is 1. The molecule has 6 nitrogen and oxygen atoms in total. The molecular weight excluding hydrogens is 282 g/mol. The van der Waals surface area contributed by atoms with Gasteiger partial charge < -0.3 is 15.1 Å². The number of aromatic nitrogens is 1. The number of aryl methyl sites for hydroxylation is 1. The average molecular weight is 298 g/mol. The van der Waals surface area contributed by atoms with Crippen molar-refractivity contribution in [3.05, 3.63) is 28.7 Å². The lowest BCUT2D eigenvalue weighted by Gasteiger charge is -2.10. The molecule has 0 spiro atoms. The highest BCUT2D eigenvalue weighted by atomic mass is 35.5. The zero-order chi connectivity index (χ0) is 13.4. The Hall–Kier alpha value is -1.79. The number of nitrogens with one attached hydrogen (secondary N) is 2. The van der Waals surface area contributed by atoms with Gasteiger partial charge in [-0.3, -0.25) is 9.36 Å². The minimum atomic E-state index is -0.407. The van der Waals surface area contributed by atoms with Crippen molar-refractivity contribution in [3.8, 4) is 0 Å². The summed E-state index contributed by atoms with van der Waals surface area (Å²) in [5, 5.41) is 6.00. The number of nitrogens with zero attached hydrogens (tertiary/aromatic N) is 1. The monoisotopic (exact) mass is 297 g/mol. The van der Waals surface area contributed by atoms with Crippen LogP contribution in [0.5, 0.6) is 0 Å². The molecule has 0 saturated carbocycles. The number of rotatable bonds is 2. The SMILES string of the molecule is Cl.Cn1c(=O)oc2ccc(NC(=O)C3CCCN3)cc21. The number of carbonyl (C=O) groups is 1. The summed E-state index contributed by atoms with van der Waals surface area (Å²) in [7, 11) is 1.64. The summed E-state index contributed by atoms with van der Waals surface area (Å²) in [5.41, 5.74) is 1.86. The molecule has 1 atom stereocenters. The van der Waals surface area contributed by atoms with E-state index in [4.69, 9.17) is 4.42 Å². The van der Waals surface area contributed by atoms with Crippen LogP contribution in [-0.2, 0) is 11.8 Å². The maximum atomic E-state index is 12.0. The molecule has 1 unspecified atom stereocenters. The van der Waals surface area contributed by atoms with Crippen LogP contribution in [0.25, 0.3) is 11.1 Å². The van der Waals surface area contributed by atoms with E-state index >= 15 is 0 Å². The second kappa shape index (κ2) is 5.68. The fourth-order valence-corrected chi connectivity index (χ4v) is 2.34. The highest BCUT2D eigenvalue weighted by Gasteiger charge is 2.22. The van der Waals surface area contributed by atoms with E-state index < -0.39 is 5.76 Å². The van der Waals surface area contributed by atoms with E-state index in [1.54, 1.807) is 25.2 Å². The topological polar surface area (TPSA) is 76.3 Å². The van der Waals surface area contributed by atoms with Crippen LogP contribution in [0, 0.1) is 0 Å². The largest absolute Gasteiger partial charge is 0.419 e. The minimum Gasteiger partial charge on any atom is -0.408 e. The molecule has 108 valence electrons. The molecule has 3 rings (SSSR count). The predicted octanol–water partition coefficient (Wildman–Crippen LogP) is 1.24. The van der Waals surface area contributed by atoms with Gasteiger partial charge in [-0.25, -0.2) is 4.79 Å². The number of hydrogen-bond acceptors (Lipinski definition) is 4. The van der Waals surface area contributed by atoms with Crippen LogP contribution >= 0.6 is 12.4 Å². The lowest BCUT2D eigenvalue weighted by molar-refractivity contribution is -0.117. The molecule has 2 aromatic rings. The number of fused-ring (bicyclic) bond motifs is 1. The number of anilines is 1. The van der Waals surface area contributed by atoms with Crippen LogP contribution < -0.4 is 16.4 Å². The molecule has 1 aromatic carbocycles. The van der Waals surface area contributed by atoms with Gasteiger partial charge in [-0.1, -0.05) is 0 Å². The second-order valence-corrected chi connectivity index (χ2v) is 4.75. The molecule has 0 bridgehead atoms. The summed E-state index contributed by atoms with van der Waals surface area (Å²) in [5.74, 6) is -0.443. The quantitative estimate of drug-likeness (QED) is 0.874. The molecule has 1 aromatic heterocycles. The Balaban J connectivity index is 0.00000147. The fraction of sp³-hybridized carbons (Fsp3) is 0.385. The van der Waals surface area contributed by atoms with Crippen LogP contribution in [0.2, 0.25) is 0 Å². The van der Waals surface area contributed by atoms with Gasteiger partial charge in [0, 0.05) is 12.7 Å². The van der Waals surface area contributed by atoms with Gasteiger partial charge in [-0.05, 0) is 37.6 Å². The highest BCUT2D eigenvalue weighted by molar-refractivity contribution is 5.96. The molecule has 0 aliphatic carbocycles. The molecule has 1 aliphatic rings. The van der Waals surface area contributed by atoms with Gasteiger partial charge in [0.2, 0.25) is 5.91 Å². The van der Waals surface area contributed by atoms with E-state index in [-0.39, 0.29) is 24.4 Å². The van der Waals surface area contributed by atoms with Gasteiger partial charge in [0.05, 0.1) is 11.6 Å². The van der Waals surface area contributed by atoms with Gasteiger partial charge in [0.15, 0.2) is 5.58 Å². The van der Waals surface area contributed by atoms with Crippen molar-refractivity contribution in [2.24, 2.45) is 7.05 Å². The van der Waals surface area contributed by atoms with Crippen molar-refractivity contribution in [3.63, 3.8) is 0 Å². The Bertz CT molecular complexity index is 686. The molecule has 1 aliphatic heterocycles. The summed E-state index contributed by atoms with van der Waals surface area (Å²) in [4.78, 5) is 23.4. The van der Waals surface area contributed by atoms with Crippen molar-refractivity contribution in [1.82, 2.24) is 9.88 Å². The average Bonchev–Trinajstić information content (AvgIpc) is 3.01. The first-order valence-corrected chi connectivity index (χ1v) is 6.29. The third kappa shape index (κ3) is 2.57. The van der Waals surface area contributed by atoms with E-state index in [1.165, 1.54) is 4.57 Å². The third-order valence-electron chi connectivity index (χ3n) is 3.44.